The van der Waals surface area contributed by atoms with E-state index >= 15 is 0 Å². The first-order chi connectivity index (χ1) is 9.79. The van der Waals surface area contributed by atoms with E-state index in [0.29, 0.717) is 6.54 Å². The fourth-order valence-electron chi connectivity index (χ4n) is 2.42. The summed E-state index contributed by atoms with van der Waals surface area (Å²) in [6, 6.07) is 2.02. The fourth-order valence-corrected chi connectivity index (χ4v) is 2.42. The standard InChI is InChI=1S/C13H17F3N4O/c1-20(7-8-3-2-6-18-8)12-9(11(17)21)4-5-10(19-12)13(14,15)16/h4-5,8,18H,2-3,6-7H2,1H3,(H2,17,21). The monoisotopic (exact) mass is 302 g/mol. The number of pyridine rings is 1. The van der Waals surface area contributed by atoms with Gasteiger partial charge in [0, 0.05) is 19.6 Å². The van der Waals surface area contributed by atoms with E-state index in [0.717, 1.165) is 31.5 Å². The molecule has 21 heavy (non-hydrogen) atoms. The molecule has 2 rings (SSSR count). The van der Waals surface area contributed by atoms with Crippen LogP contribution in [0, 0.1) is 0 Å². The summed E-state index contributed by atoms with van der Waals surface area (Å²) in [5.41, 5.74) is 4.17. The third-order valence-electron chi connectivity index (χ3n) is 3.45. The first kappa shape index (κ1) is 15.6. The van der Waals surface area contributed by atoms with Gasteiger partial charge in [-0.1, -0.05) is 0 Å². The summed E-state index contributed by atoms with van der Waals surface area (Å²) < 4.78 is 38.3. The molecule has 0 radical (unpaired) electrons. The predicted molar refractivity (Wildman–Crippen MR) is 72.1 cm³/mol. The molecule has 1 saturated heterocycles. The first-order valence-electron chi connectivity index (χ1n) is 6.61. The highest BCUT2D eigenvalue weighted by Crippen LogP contribution is 2.30. The Labute approximate surface area is 120 Å². The second-order valence-electron chi connectivity index (χ2n) is 5.10. The van der Waals surface area contributed by atoms with Crippen molar-refractivity contribution >= 4 is 11.7 Å². The van der Waals surface area contributed by atoms with Gasteiger partial charge in [-0.25, -0.2) is 4.98 Å². The second-order valence-corrected chi connectivity index (χ2v) is 5.10. The molecule has 1 atom stereocenters. The zero-order chi connectivity index (χ0) is 15.6. The van der Waals surface area contributed by atoms with Crippen LogP contribution >= 0.6 is 0 Å². The van der Waals surface area contributed by atoms with Gasteiger partial charge in [0.25, 0.3) is 5.91 Å². The van der Waals surface area contributed by atoms with E-state index in [4.69, 9.17) is 5.73 Å². The maximum absolute atomic E-state index is 12.8. The van der Waals surface area contributed by atoms with Crippen molar-refractivity contribution in [2.45, 2.75) is 25.1 Å². The van der Waals surface area contributed by atoms with E-state index in [9.17, 15) is 18.0 Å². The molecule has 1 amide bonds. The molecule has 3 N–H and O–H groups in total. The molecule has 1 aromatic heterocycles. The zero-order valence-electron chi connectivity index (χ0n) is 11.6. The summed E-state index contributed by atoms with van der Waals surface area (Å²) in [6.45, 7) is 1.35. The van der Waals surface area contributed by atoms with Gasteiger partial charge in [-0.15, -0.1) is 0 Å². The lowest BCUT2D eigenvalue weighted by molar-refractivity contribution is -0.141. The summed E-state index contributed by atoms with van der Waals surface area (Å²) >= 11 is 0. The van der Waals surface area contributed by atoms with Crippen LogP contribution in [0.1, 0.15) is 28.9 Å². The topological polar surface area (TPSA) is 71.2 Å². The summed E-state index contributed by atoms with van der Waals surface area (Å²) in [5, 5.41) is 3.24. The highest BCUT2D eigenvalue weighted by atomic mass is 19.4. The van der Waals surface area contributed by atoms with Gasteiger partial charge in [0.05, 0.1) is 5.56 Å². The predicted octanol–water partition coefficient (Wildman–Crippen LogP) is 1.39. The molecule has 8 heteroatoms. The highest BCUT2D eigenvalue weighted by molar-refractivity contribution is 5.97. The number of nitrogens with zero attached hydrogens (tertiary/aromatic N) is 2. The molecule has 0 bridgehead atoms. The van der Waals surface area contributed by atoms with Crippen LogP contribution in [0.2, 0.25) is 0 Å². The number of nitrogens with one attached hydrogen (secondary N) is 1. The minimum atomic E-state index is -4.56. The summed E-state index contributed by atoms with van der Waals surface area (Å²) in [6.07, 6.45) is -2.59. The van der Waals surface area contributed by atoms with E-state index in [2.05, 4.69) is 10.3 Å². The molecule has 0 aliphatic carbocycles. The number of carbonyl (C=O) groups excluding carboxylic acids is 1. The molecule has 1 aliphatic rings. The van der Waals surface area contributed by atoms with E-state index in [1.165, 1.54) is 0 Å². The van der Waals surface area contributed by atoms with E-state index < -0.39 is 17.8 Å². The minimum Gasteiger partial charge on any atom is -0.365 e. The number of nitrogens with two attached hydrogens (primary N) is 1. The maximum atomic E-state index is 12.8. The molecule has 1 aromatic rings. The Hall–Kier alpha value is -1.83. The van der Waals surface area contributed by atoms with Crippen molar-refractivity contribution in [3.8, 4) is 0 Å². The lowest BCUT2D eigenvalue weighted by atomic mass is 10.1. The Morgan fingerprint density at radius 2 is 2.24 bits per heavy atom. The number of aromatic nitrogens is 1. The molecule has 0 aromatic carbocycles. The number of hydrogen-bond donors (Lipinski definition) is 2. The van der Waals surface area contributed by atoms with E-state index in [1.807, 2.05) is 0 Å². The number of primary amides is 1. The third-order valence-corrected chi connectivity index (χ3v) is 3.45. The fraction of sp³-hybridized carbons (Fsp3) is 0.538. The number of likely N-dealkylation sites (N-methyl/N-ethyl adjacent to an activating group) is 1. The number of carbonyl (C=O) groups is 1. The van der Waals surface area contributed by atoms with Gasteiger partial charge in [0.2, 0.25) is 0 Å². The molecule has 0 saturated carbocycles. The van der Waals surface area contributed by atoms with Crippen molar-refractivity contribution in [1.82, 2.24) is 10.3 Å². The average Bonchev–Trinajstić information content (AvgIpc) is 2.89. The Kier molecular flexibility index (Phi) is 4.36. The molecular weight excluding hydrogens is 285 g/mol. The zero-order valence-corrected chi connectivity index (χ0v) is 11.6. The van der Waals surface area contributed by atoms with Gasteiger partial charge in [-0.2, -0.15) is 13.2 Å². The van der Waals surface area contributed by atoms with Gasteiger partial charge in [0.1, 0.15) is 11.5 Å². The smallest absolute Gasteiger partial charge is 0.365 e. The lowest BCUT2D eigenvalue weighted by Crippen LogP contribution is -2.37. The first-order valence-corrected chi connectivity index (χ1v) is 6.61. The van der Waals surface area contributed by atoms with Gasteiger partial charge >= 0.3 is 6.18 Å². The SMILES string of the molecule is CN(CC1CCCN1)c1nc(C(F)(F)F)ccc1C(N)=O. The van der Waals surface area contributed by atoms with Crippen LogP contribution in [0.15, 0.2) is 12.1 Å². The summed E-state index contributed by atoms with van der Waals surface area (Å²) in [7, 11) is 1.61. The van der Waals surface area contributed by atoms with Gasteiger partial charge in [-0.3, -0.25) is 4.79 Å². The molecule has 116 valence electrons. The van der Waals surface area contributed by atoms with Crippen LogP contribution in [-0.2, 0) is 6.18 Å². The van der Waals surface area contributed by atoms with Crippen LogP contribution in [-0.4, -0.2) is 37.1 Å². The van der Waals surface area contributed by atoms with Gasteiger partial charge in [0.15, 0.2) is 0 Å². The molecule has 1 unspecified atom stereocenters. The summed E-state index contributed by atoms with van der Waals surface area (Å²) in [5.74, 6) is -0.830. The highest BCUT2D eigenvalue weighted by Gasteiger charge is 2.34. The largest absolute Gasteiger partial charge is 0.433 e. The third kappa shape index (κ3) is 3.63. The Balaban J connectivity index is 2.31. The summed E-state index contributed by atoms with van der Waals surface area (Å²) in [4.78, 5) is 16.5. The van der Waals surface area contributed by atoms with Crippen molar-refractivity contribution < 1.29 is 18.0 Å². The Morgan fingerprint density at radius 1 is 1.52 bits per heavy atom. The Morgan fingerprint density at radius 3 is 2.76 bits per heavy atom. The average molecular weight is 302 g/mol. The van der Waals surface area contributed by atoms with E-state index in [-0.39, 0.29) is 17.4 Å². The number of rotatable bonds is 4. The van der Waals surface area contributed by atoms with Gasteiger partial charge < -0.3 is 16.0 Å². The number of halogens is 3. The van der Waals surface area contributed by atoms with Crippen LogP contribution in [0.3, 0.4) is 0 Å². The van der Waals surface area contributed by atoms with Crippen molar-refractivity contribution in [1.29, 1.82) is 0 Å². The number of alkyl halides is 3. The van der Waals surface area contributed by atoms with E-state index in [1.54, 1.807) is 11.9 Å². The van der Waals surface area contributed by atoms with Crippen LogP contribution in [0.25, 0.3) is 0 Å². The normalized spacial score (nSPS) is 18.8. The molecule has 2 heterocycles. The molecule has 1 aliphatic heterocycles. The second kappa shape index (κ2) is 5.88. The molecule has 5 nitrogen and oxygen atoms in total. The Bertz CT molecular complexity index is 527. The van der Waals surface area contributed by atoms with Crippen LogP contribution in [0.4, 0.5) is 19.0 Å². The lowest BCUT2D eigenvalue weighted by Gasteiger charge is -2.24. The molecule has 1 fully saturated rings. The van der Waals surface area contributed by atoms with Crippen molar-refractivity contribution in [2.24, 2.45) is 5.73 Å². The quantitative estimate of drug-likeness (QED) is 0.881. The number of amides is 1. The van der Waals surface area contributed by atoms with Crippen molar-refractivity contribution in [2.75, 3.05) is 25.0 Å². The molecular formula is C13H17F3N4O. The number of anilines is 1. The van der Waals surface area contributed by atoms with Crippen molar-refractivity contribution in [3.05, 3.63) is 23.4 Å². The molecule has 0 spiro atoms. The maximum Gasteiger partial charge on any atom is 0.433 e. The van der Waals surface area contributed by atoms with Gasteiger partial charge in [-0.05, 0) is 31.5 Å². The number of hydrogen-bond acceptors (Lipinski definition) is 4. The van der Waals surface area contributed by atoms with Crippen molar-refractivity contribution in [3.63, 3.8) is 0 Å². The van der Waals surface area contributed by atoms with Crippen LogP contribution in [0.5, 0.6) is 0 Å². The minimum absolute atomic E-state index is 0.0107. The van der Waals surface area contributed by atoms with Crippen LogP contribution < -0.4 is 16.0 Å².